The predicted octanol–water partition coefficient (Wildman–Crippen LogP) is 2.59. The quantitative estimate of drug-likeness (QED) is 0.828. The summed E-state index contributed by atoms with van der Waals surface area (Å²) in [5.41, 5.74) is -0.354. The van der Waals surface area contributed by atoms with Gasteiger partial charge in [0.05, 0.1) is 6.42 Å². The Balaban J connectivity index is 1.54. The first kappa shape index (κ1) is 17.7. The number of aliphatic carboxylic acids is 1. The first-order valence-corrected chi connectivity index (χ1v) is 9.23. The van der Waals surface area contributed by atoms with E-state index in [1.54, 1.807) is 6.20 Å². The molecule has 0 aromatic carbocycles. The molecule has 2 fully saturated rings. The second-order valence-electron chi connectivity index (χ2n) is 7.50. The summed E-state index contributed by atoms with van der Waals surface area (Å²) in [5.74, 6) is 0.141. The van der Waals surface area contributed by atoms with Crippen molar-refractivity contribution in [3.05, 3.63) is 24.4 Å². The van der Waals surface area contributed by atoms with Gasteiger partial charge >= 0.3 is 5.97 Å². The summed E-state index contributed by atoms with van der Waals surface area (Å²) in [6.07, 6.45) is 7.99. The topological polar surface area (TPSA) is 82.5 Å². The molecule has 1 unspecified atom stereocenters. The average molecular weight is 345 g/mol. The van der Waals surface area contributed by atoms with Crippen LogP contribution in [0.15, 0.2) is 24.4 Å². The van der Waals surface area contributed by atoms with Crippen molar-refractivity contribution < 1.29 is 14.7 Å². The summed E-state index contributed by atoms with van der Waals surface area (Å²) in [5, 5.41) is 12.4. The highest BCUT2D eigenvalue weighted by Crippen LogP contribution is 2.42. The molecule has 2 N–H and O–H groups in total. The Morgan fingerprint density at radius 3 is 2.72 bits per heavy atom. The van der Waals surface area contributed by atoms with Crippen LogP contribution < -0.4 is 10.2 Å². The van der Waals surface area contributed by atoms with Crippen LogP contribution in [0, 0.1) is 5.41 Å². The van der Waals surface area contributed by atoms with Gasteiger partial charge in [-0.1, -0.05) is 25.3 Å². The molecule has 0 spiro atoms. The van der Waals surface area contributed by atoms with Crippen LogP contribution in [0.5, 0.6) is 0 Å². The van der Waals surface area contributed by atoms with Gasteiger partial charge in [-0.25, -0.2) is 4.98 Å². The van der Waals surface area contributed by atoms with E-state index in [0.717, 1.165) is 57.4 Å². The van der Waals surface area contributed by atoms with Crippen molar-refractivity contribution in [3.63, 3.8) is 0 Å². The Bertz CT molecular complexity index is 599. The fraction of sp³-hybridized carbons (Fsp3) is 0.632. The van der Waals surface area contributed by atoms with E-state index < -0.39 is 5.97 Å². The van der Waals surface area contributed by atoms with E-state index >= 15 is 0 Å². The summed E-state index contributed by atoms with van der Waals surface area (Å²) in [7, 11) is 0. The second kappa shape index (κ2) is 7.85. The van der Waals surface area contributed by atoms with Gasteiger partial charge in [0.1, 0.15) is 5.82 Å². The van der Waals surface area contributed by atoms with Crippen LogP contribution in [0.1, 0.15) is 51.4 Å². The van der Waals surface area contributed by atoms with Crippen molar-refractivity contribution >= 4 is 17.7 Å². The molecule has 1 aliphatic carbocycles. The number of hydrogen-bond acceptors (Lipinski definition) is 4. The summed E-state index contributed by atoms with van der Waals surface area (Å²) in [6, 6.07) is 5.95. The number of anilines is 1. The van der Waals surface area contributed by atoms with E-state index in [0.29, 0.717) is 6.42 Å². The Hall–Kier alpha value is -2.11. The highest BCUT2D eigenvalue weighted by molar-refractivity contribution is 5.78. The molecular formula is C19H27N3O3. The van der Waals surface area contributed by atoms with Gasteiger partial charge in [0, 0.05) is 31.7 Å². The second-order valence-corrected chi connectivity index (χ2v) is 7.50. The lowest BCUT2D eigenvalue weighted by atomic mass is 9.69. The number of pyridine rings is 1. The standard InChI is InChI=1S/C19H27N3O3/c23-17(12-19(13-18(24)25)8-3-1-4-9-19)21-15-7-11-22(14-15)16-6-2-5-10-20-16/h2,5-6,10,15H,1,3-4,7-9,11-14H2,(H,21,23)(H,24,25). The first-order valence-electron chi connectivity index (χ1n) is 9.23. The maximum atomic E-state index is 12.6. The van der Waals surface area contributed by atoms with Crippen molar-refractivity contribution in [2.24, 2.45) is 5.41 Å². The van der Waals surface area contributed by atoms with Crippen LogP contribution in [0.2, 0.25) is 0 Å². The zero-order valence-electron chi connectivity index (χ0n) is 14.6. The minimum absolute atomic E-state index is 0.00368. The molecular weight excluding hydrogens is 318 g/mol. The molecule has 1 amide bonds. The third-order valence-corrected chi connectivity index (χ3v) is 5.50. The minimum Gasteiger partial charge on any atom is -0.481 e. The highest BCUT2D eigenvalue weighted by Gasteiger charge is 2.37. The summed E-state index contributed by atoms with van der Waals surface area (Å²) in [4.78, 5) is 30.4. The highest BCUT2D eigenvalue weighted by atomic mass is 16.4. The molecule has 1 atom stereocenters. The van der Waals surface area contributed by atoms with Crippen LogP contribution in [0.4, 0.5) is 5.82 Å². The predicted molar refractivity (Wildman–Crippen MR) is 95.4 cm³/mol. The average Bonchev–Trinajstić information content (AvgIpc) is 3.04. The molecule has 136 valence electrons. The van der Waals surface area contributed by atoms with Gasteiger partial charge in [-0.2, -0.15) is 0 Å². The van der Waals surface area contributed by atoms with E-state index in [9.17, 15) is 14.7 Å². The van der Waals surface area contributed by atoms with E-state index in [1.165, 1.54) is 0 Å². The smallest absolute Gasteiger partial charge is 0.303 e. The van der Waals surface area contributed by atoms with Gasteiger partial charge in [-0.15, -0.1) is 0 Å². The molecule has 1 aliphatic heterocycles. The number of carbonyl (C=O) groups is 2. The molecule has 0 radical (unpaired) electrons. The van der Waals surface area contributed by atoms with E-state index in [2.05, 4.69) is 15.2 Å². The number of carboxylic acid groups (broad SMARTS) is 1. The number of carbonyl (C=O) groups excluding carboxylic acids is 1. The fourth-order valence-electron chi connectivity index (χ4n) is 4.28. The summed E-state index contributed by atoms with van der Waals surface area (Å²) in [6.45, 7) is 1.64. The van der Waals surface area contributed by atoms with Crippen LogP contribution >= 0.6 is 0 Å². The molecule has 2 aliphatic rings. The van der Waals surface area contributed by atoms with Gasteiger partial charge in [0.15, 0.2) is 0 Å². The lowest BCUT2D eigenvalue weighted by Crippen LogP contribution is -2.41. The first-order chi connectivity index (χ1) is 12.1. The Morgan fingerprint density at radius 1 is 1.24 bits per heavy atom. The Kier molecular flexibility index (Phi) is 5.56. The lowest BCUT2D eigenvalue weighted by molar-refractivity contribution is -0.141. The van der Waals surface area contributed by atoms with Crippen molar-refractivity contribution in [3.8, 4) is 0 Å². The molecule has 1 aromatic heterocycles. The van der Waals surface area contributed by atoms with Crippen molar-refractivity contribution in [2.45, 2.75) is 57.4 Å². The minimum atomic E-state index is -0.795. The van der Waals surface area contributed by atoms with Gasteiger partial charge in [-0.3, -0.25) is 9.59 Å². The van der Waals surface area contributed by atoms with Crippen molar-refractivity contribution in [2.75, 3.05) is 18.0 Å². The maximum absolute atomic E-state index is 12.6. The lowest BCUT2D eigenvalue weighted by Gasteiger charge is -2.35. The van der Waals surface area contributed by atoms with Crippen molar-refractivity contribution in [1.29, 1.82) is 0 Å². The number of aromatic nitrogens is 1. The number of rotatable bonds is 6. The maximum Gasteiger partial charge on any atom is 0.303 e. The Morgan fingerprint density at radius 2 is 2.04 bits per heavy atom. The number of carboxylic acids is 1. The summed E-state index contributed by atoms with van der Waals surface area (Å²) >= 11 is 0. The number of amides is 1. The van der Waals surface area contributed by atoms with Crippen LogP contribution in [-0.4, -0.2) is 41.1 Å². The molecule has 1 aromatic rings. The van der Waals surface area contributed by atoms with E-state index in [1.807, 2.05) is 18.2 Å². The third-order valence-electron chi connectivity index (χ3n) is 5.50. The number of nitrogens with zero attached hydrogens (tertiary/aromatic N) is 2. The molecule has 3 rings (SSSR count). The zero-order valence-corrected chi connectivity index (χ0v) is 14.6. The molecule has 2 heterocycles. The van der Waals surface area contributed by atoms with Gasteiger partial charge in [-0.05, 0) is 36.8 Å². The van der Waals surface area contributed by atoms with E-state index in [4.69, 9.17) is 0 Å². The van der Waals surface area contributed by atoms with Crippen molar-refractivity contribution in [1.82, 2.24) is 10.3 Å². The fourth-order valence-corrected chi connectivity index (χ4v) is 4.28. The molecule has 25 heavy (non-hydrogen) atoms. The molecule has 1 saturated carbocycles. The molecule has 6 nitrogen and oxygen atoms in total. The normalized spacial score (nSPS) is 22.6. The monoisotopic (exact) mass is 345 g/mol. The number of nitrogens with one attached hydrogen (secondary N) is 1. The Labute approximate surface area is 148 Å². The molecule has 6 heteroatoms. The third kappa shape index (κ3) is 4.71. The molecule has 1 saturated heterocycles. The zero-order chi connectivity index (χ0) is 17.7. The van der Waals surface area contributed by atoms with Gasteiger partial charge in [0.2, 0.25) is 5.91 Å². The molecule has 0 bridgehead atoms. The largest absolute Gasteiger partial charge is 0.481 e. The van der Waals surface area contributed by atoms with Crippen LogP contribution in [-0.2, 0) is 9.59 Å². The SMILES string of the molecule is O=C(O)CC1(CC(=O)NC2CCN(c3ccccn3)C2)CCCCC1. The summed E-state index contributed by atoms with van der Waals surface area (Å²) < 4.78 is 0. The number of hydrogen-bond donors (Lipinski definition) is 2. The van der Waals surface area contributed by atoms with Crippen LogP contribution in [0.25, 0.3) is 0 Å². The van der Waals surface area contributed by atoms with Gasteiger partial charge in [0.25, 0.3) is 0 Å². The van der Waals surface area contributed by atoms with Gasteiger partial charge < -0.3 is 15.3 Å². The van der Waals surface area contributed by atoms with E-state index in [-0.39, 0.29) is 23.8 Å². The van der Waals surface area contributed by atoms with Crippen LogP contribution in [0.3, 0.4) is 0 Å².